The molecule has 112 valence electrons. The molecule has 2 atom stereocenters. The first-order valence-corrected chi connectivity index (χ1v) is 7.36. The van der Waals surface area contributed by atoms with E-state index in [1.165, 1.54) is 0 Å². The van der Waals surface area contributed by atoms with E-state index in [-0.39, 0.29) is 11.9 Å². The normalized spacial score (nSPS) is 19.5. The van der Waals surface area contributed by atoms with Gasteiger partial charge in [0.2, 0.25) is 5.91 Å². The molecule has 5 heteroatoms. The topological polar surface area (TPSA) is 44.8 Å². The third kappa shape index (κ3) is 5.47. The molecule has 1 rings (SSSR count). The molecular formula is C14H29N3O2. The lowest BCUT2D eigenvalue weighted by atomic mass is 10.2. The minimum atomic E-state index is -0.108. The van der Waals surface area contributed by atoms with Gasteiger partial charge in [0.1, 0.15) is 0 Å². The summed E-state index contributed by atoms with van der Waals surface area (Å²) in [5.74, 6) is 0.189. The predicted octanol–water partition coefficient (Wildman–Crippen LogP) is 0.554. The number of carbonyl (C=O) groups excluding carboxylic acids is 1. The number of likely N-dealkylation sites (N-methyl/N-ethyl adjacent to an activating group) is 1. The van der Waals surface area contributed by atoms with Crippen molar-refractivity contribution in [2.45, 2.75) is 39.3 Å². The zero-order valence-corrected chi connectivity index (χ0v) is 12.8. The molecule has 1 fully saturated rings. The van der Waals surface area contributed by atoms with Crippen LogP contribution in [0.15, 0.2) is 0 Å². The largest absolute Gasteiger partial charge is 0.378 e. The van der Waals surface area contributed by atoms with Crippen molar-refractivity contribution in [1.82, 2.24) is 15.1 Å². The van der Waals surface area contributed by atoms with Crippen molar-refractivity contribution in [1.29, 1.82) is 0 Å². The summed E-state index contributed by atoms with van der Waals surface area (Å²) in [6.07, 6.45) is 1.15. The van der Waals surface area contributed by atoms with Crippen molar-refractivity contribution < 1.29 is 9.53 Å². The van der Waals surface area contributed by atoms with Crippen LogP contribution < -0.4 is 5.32 Å². The maximum absolute atomic E-state index is 12.2. The number of amides is 1. The lowest BCUT2D eigenvalue weighted by Crippen LogP contribution is -2.50. The molecule has 19 heavy (non-hydrogen) atoms. The second-order valence-corrected chi connectivity index (χ2v) is 5.35. The SMILES string of the molecule is CCC(C)N(C)CCNC(C)C(=O)N1CCOCC1. The van der Waals surface area contributed by atoms with Crippen molar-refractivity contribution >= 4 is 5.91 Å². The zero-order chi connectivity index (χ0) is 14.3. The summed E-state index contributed by atoms with van der Waals surface area (Å²) in [5, 5.41) is 3.32. The van der Waals surface area contributed by atoms with Crippen LogP contribution in [0.4, 0.5) is 0 Å². The Morgan fingerprint density at radius 1 is 1.37 bits per heavy atom. The number of hydrogen-bond acceptors (Lipinski definition) is 4. The number of hydrogen-bond donors (Lipinski definition) is 1. The molecule has 0 spiro atoms. The molecule has 0 aromatic rings. The maximum Gasteiger partial charge on any atom is 0.239 e. The smallest absolute Gasteiger partial charge is 0.239 e. The molecule has 2 unspecified atom stereocenters. The highest BCUT2D eigenvalue weighted by atomic mass is 16.5. The number of nitrogens with zero attached hydrogens (tertiary/aromatic N) is 2. The van der Waals surface area contributed by atoms with Crippen molar-refractivity contribution in [3.63, 3.8) is 0 Å². The molecule has 1 aliphatic heterocycles. The summed E-state index contributed by atoms with van der Waals surface area (Å²) in [6, 6.07) is 0.482. The van der Waals surface area contributed by atoms with Crippen LogP contribution in [0.1, 0.15) is 27.2 Å². The van der Waals surface area contributed by atoms with Crippen molar-refractivity contribution in [3.8, 4) is 0 Å². The molecule has 1 aliphatic rings. The first kappa shape index (κ1) is 16.4. The molecule has 1 N–H and O–H groups in total. The summed E-state index contributed by atoms with van der Waals surface area (Å²) in [5.41, 5.74) is 0. The van der Waals surface area contributed by atoms with E-state index >= 15 is 0 Å². The van der Waals surface area contributed by atoms with Crippen molar-refractivity contribution in [2.24, 2.45) is 0 Å². The minimum absolute atomic E-state index is 0.108. The van der Waals surface area contributed by atoms with E-state index in [0.717, 1.165) is 32.6 Å². The standard InChI is InChI=1S/C14H29N3O2/c1-5-12(2)16(4)7-6-15-13(3)14(18)17-8-10-19-11-9-17/h12-13,15H,5-11H2,1-4H3. The highest BCUT2D eigenvalue weighted by Crippen LogP contribution is 2.01. The first-order valence-electron chi connectivity index (χ1n) is 7.36. The number of ether oxygens (including phenoxy) is 1. The Labute approximate surface area is 117 Å². The molecule has 0 saturated carbocycles. The average Bonchev–Trinajstić information content (AvgIpc) is 2.46. The van der Waals surface area contributed by atoms with Gasteiger partial charge in [0.25, 0.3) is 0 Å². The van der Waals surface area contributed by atoms with Gasteiger partial charge in [-0.05, 0) is 27.3 Å². The lowest BCUT2D eigenvalue weighted by molar-refractivity contribution is -0.137. The predicted molar refractivity (Wildman–Crippen MR) is 77.2 cm³/mol. The van der Waals surface area contributed by atoms with Crippen LogP contribution in [-0.2, 0) is 9.53 Å². The number of carbonyl (C=O) groups is 1. The van der Waals surface area contributed by atoms with Gasteiger partial charge < -0.3 is 19.9 Å². The monoisotopic (exact) mass is 271 g/mol. The first-order chi connectivity index (χ1) is 9.06. The van der Waals surface area contributed by atoms with Crippen LogP contribution in [0.3, 0.4) is 0 Å². The summed E-state index contributed by atoms with van der Waals surface area (Å²) < 4.78 is 5.26. The van der Waals surface area contributed by atoms with Gasteiger partial charge in [-0.15, -0.1) is 0 Å². The second-order valence-electron chi connectivity index (χ2n) is 5.35. The molecule has 1 saturated heterocycles. The summed E-state index contributed by atoms with van der Waals surface area (Å²) in [4.78, 5) is 16.4. The fourth-order valence-electron chi connectivity index (χ4n) is 2.13. The van der Waals surface area contributed by atoms with Gasteiger partial charge in [-0.1, -0.05) is 6.92 Å². The molecule has 1 heterocycles. The Hall–Kier alpha value is -0.650. The number of rotatable bonds is 7. The Kier molecular flexibility index (Phi) is 7.34. The fourth-order valence-corrected chi connectivity index (χ4v) is 2.13. The van der Waals surface area contributed by atoms with Crippen LogP contribution >= 0.6 is 0 Å². The van der Waals surface area contributed by atoms with E-state index < -0.39 is 0 Å². The lowest BCUT2D eigenvalue weighted by Gasteiger charge is -2.30. The Balaban J connectivity index is 2.22. The molecule has 5 nitrogen and oxygen atoms in total. The Morgan fingerprint density at radius 3 is 2.58 bits per heavy atom. The number of morpholine rings is 1. The van der Waals surface area contributed by atoms with Crippen LogP contribution in [0.5, 0.6) is 0 Å². The van der Waals surface area contributed by atoms with E-state index in [2.05, 4.69) is 31.1 Å². The van der Waals surface area contributed by atoms with E-state index in [1.54, 1.807) is 0 Å². The summed E-state index contributed by atoms with van der Waals surface area (Å²) in [7, 11) is 2.13. The molecular weight excluding hydrogens is 242 g/mol. The Morgan fingerprint density at radius 2 is 2.00 bits per heavy atom. The molecule has 0 aromatic carbocycles. The van der Waals surface area contributed by atoms with Crippen molar-refractivity contribution in [2.75, 3.05) is 46.4 Å². The van der Waals surface area contributed by atoms with E-state index in [4.69, 9.17) is 4.74 Å². The second kappa shape index (κ2) is 8.51. The van der Waals surface area contributed by atoms with Crippen LogP contribution in [-0.4, -0.2) is 74.2 Å². The third-order valence-corrected chi connectivity index (χ3v) is 3.95. The third-order valence-electron chi connectivity index (χ3n) is 3.95. The quantitative estimate of drug-likeness (QED) is 0.735. The maximum atomic E-state index is 12.2. The number of nitrogens with one attached hydrogen (secondary N) is 1. The van der Waals surface area contributed by atoms with E-state index in [1.807, 2.05) is 11.8 Å². The molecule has 1 amide bonds. The highest BCUT2D eigenvalue weighted by molar-refractivity contribution is 5.81. The van der Waals surface area contributed by atoms with Gasteiger partial charge in [-0.3, -0.25) is 4.79 Å². The minimum Gasteiger partial charge on any atom is -0.378 e. The summed E-state index contributed by atoms with van der Waals surface area (Å²) in [6.45, 7) is 10.9. The van der Waals surface area contributed by atoms with Gasteiger partial charge in [0.05, 0.1) is 19.3 Å². The van der Waals surface area contributed by atoms with Gasteiger partial charge in [0, 0.05) is 32.2 Å². The molecule has 0 radical (unpaired) electrons. The molecule has 0 aromatic heterocycles. The van der Waals surface area contributed by atoms with Gasteiger partial charge in [0.15, 0.2) is 0 Å². The molecule has 0 bridgehead atoms. The van der Waals surface area contributed by atoms with Crippen LogP contribution in [0.25, 0.3) is 0 Å². The fraction of sp³-hybridized carbons (Fsp3) is 0.929. The zero-order valence-electron chi connectivity index (χ0n) is 12.8. The van der Waals surface area contributed by atoms with Crippen LogP contribution in [0, 0.1) is 0 Å². The van der Waals surface area contributed by atoms with Gasteiger partial charge in [-0.25, -0.2) is 0 Å². The van der Waals surface area contributed by atoms with Crippen LogP contribution in [0.2, 0.25) is 0 Å². The molecule has 0 aliphatic carbocycles. The average molecular weight is 271 g/mol. The highest BCUT2D eigenvalue weighted by Gasteiger charge is 2.21. The van der Waals surface area contributed by atoms with E-state index in [0.29, 0.717) is 19.3 Å². The van der Waals surface area contributed by atoms with E-state index in [9.17, 15) is 4.79 Å². The van der Waals surface area contributed by atoms with Gasteiger partial charge >= 0.3 is 0 Å². The van der Waals surface area contributed by atoms with Crippen molar-refractivity contribution in [3.05, 3.63) is 0 Å². The van der Waals surface area contributed by atoms with Gasteiger partial charge in [-0.2, -0.15) is 0 Å². The summed E-state index contributed by atoms with van der Waals surface area (Å²) >= 11 is 0. The Bertz CT molecular complexity index is 267.